The molecule has 0 aliphatic heterocycles. The zero-order valence-corrected chi connectivity index (χ0v) is 12.0. The molecule has 1 atom stereocenters. The number of aromatic nitrogens is 1. The number of anilines is 1. The number of para-hydroxylation sites is 1. The van der Waals surface area contributed by atoms with Gasteiger partial charge in [0.05, 0.1) is 18.2 Å². The number of nitrogens with zero attached hydrogens (tertiary/aromatic N) is 1. The van der Waals surface area contributed by atoms with Crippen molar-refractivity contribution >= 4 is 16.6 Å². The highest BCUT2D eigenvalue weighted by molar-refractivity contribution is 5.82. The topological polar surface area (TPSA) is 45.1 Å². The number of benzene rings is 2. The monoisotopic (exact) mass is 278 g/mol. The van der Waals surface area contributed by atoms with E-state index in [1.54, 1.807) is 6.20 Å². The second-order valence-corrected chi connectivity index (χ2v) is 5.17. The van der Waals surface area contributed by atoms with Crippen LogP contribution in [0.2, 0.25) is 0 Å². The SMILES string of the molecule is Cc1cccc(NC(CO)c2cccc3cccnc23)c1. The molecular weight excluding hydrogens is 260 g/mol. The summed E-state index contributed by atoms with van der Waals surface area (Å²) in [5.74, 6) is 0. The summed E-state index contributed by atoms with van der Waals surface area (Å²) in [5, 5.41) is 14.3. The molecule has 1 aromatic heterocycles. The molecule has 0 saturated carbocycles. The van der Waals surface area contributed by atoms with Gasteiger partial charge in [0.2, 0.25) is 0 Å². The average molecular weight is 278 g/mol. The molecule has 106 valence electrons. The maximum Gasteiger partial charge on any atom is 0.0766 e. The molecule has 0 spiro atoms. The Balaban J connectivity index is 1.98. The van der Waals surface area contributed by atoms with Gasteiger partial charge in [0, 0.05) is 22.8 Å². The number of aliphatic hydroxyl groups excluding tert-OH is 1. The molecule has 3 aromatic rings. The summed E-state index contributed by atoms with van der Waals surface area (Å²) in [5.41, 5.74) is 4.13. The molecule has 2 aromatic carbocycles. The standard InChI is InChI=1S/C18H18N2O/c1-13-5-2-8-15(11-13)20-17(12-21)16-9-3-6-14-7-4-10-19-18(14)16/h2-11,17,20-21H,12H2,1H3. The zero-order chi connectivity index (χ0) is 14.7. The van der Waals surface area contributed by atoms with Crippen molar-refractivity contribution in [1.29, 1.82) is 0 Å². The van der Waals surface area contributed by atoms with E-state index in [1.807, 2.05) is 42.5 Å². The number of hydrogen-bond acceptors (Lipinski definition) is 3. The van der Waals surface area contributed by atoms with Gasteiger partial charge in [-0.05, 0) is 30.7 Å². The van der Waals surface area contributed by atoms with Crippen LogP contribution >= 0.6 is 0 Å². The van der Waals surface area contributed by atoms with E-state index in [9.17, 15) is 5.11 Å². The second kappa shape index (κ2) is 5.94. The van der Waals surface area contributed by atoms with Crippen molar-refractivity contribution in [3.63, 3.8) is 0 Å². The van der Waals surface area contributed by atoms with Crippen LogP contribution in [0.25, 0.3) is 10.9 Å². The summed E-state index contributed by atoms with van der Waals surface area (Å²) in [6.07, 6.45) is 1.78. The maximum absolute atomic E-state index is 9.78. The predicted octanol–water partition coefficient (Wildman–Crippen LogP) is 3.69. The maximum atomic E-state index is 9.78. The summed E-state index contributed by atoms with van der Waals surface area (Å²) in [6, 6.07) is 18.0. The molecule has 0 amide bonds. The summed E-state index contributed by atoms with van der Waals surface area (Å²) in [7, 11) is 0. The van der Waals surface area contributed by atoms with E-state index in [0.29, 0.717) is 0 Å². The third kappa shape index (κ3) is 2.88. The number of pyridine rings is 1. The van der Waals surface area contributed by atoms with Crippen LogP contribution in [0.4, 0.5) is 5.69 Å². The van der Waals surface area contributed by atoms with Crippen LogP contribution in [-0.2, 0) is 0 Å². The third-order valence-corrected chi connectivity index (χ3v) is 3.58. The number of fused-ring (bicyclic) bond motifs is 1. The van der Waals surface area contributed by atoms with E-state index in [2.05, 4.69) is 29.4 Å². The molecule has 0 radical (unpaired) electrons. The Morgan fingerprint density at radius 3 is 2.71 bits per heavy atom. The van der Waals surface area contributed by atoms with Crippen LogP contribution in [0, 0.1) is 6.92 Å². The number of aryl methyl sites for hydroxylation is 1. The van der Waals surface area contributed by atoms with Gasteiger partial charge in [0.1, 0.15) is 0 Å². The highest BCUT2D eigenvalue weighted by Gasteiger charge is 2.14. The highest BCUT2D eigenvalue weighted by Crippen LogP contribution is 2.25. The minimum atomic E-state index is -0.176. The Hall–Kier alpha value is -2.39. The minimum Gasteiger partial charge on any atom is -0.394 e. The summed E-state index contributed by atoms with van der Waals surface area (Å²) < 4.78 is 0. The zero-order valence-electron chi connectivity index (χ0n) is 12.0. The summed E-state index contributed by atoms with van der Waals surface area (Å²) in [4.78, 5) is 4.46. The molecule has 3 rings (SSSR count). The van der Waals surface area contributed by atoms with Crippen LogP contribution in [0.15, 0.2) is 60.8 Å². The lowest BCUT2D eigenvalue weighted by Crippen LogP contribution is -2.15. The van der Waals surface area contributed by atoms with Crippen molar-refractivity contribution < 1.29 is 5.11 Å². The fourth-order valence-electron chi connectivity index (χ4n) is 2.57. The van der Waals surface area contributed by atoms with Crippen LogP contribution < -0.4 is 5.32 Å². The van der Waals surface area contributed by atoms with Gasteiger partial charge in [0.15, 0.2) is 0 Å². The van der Waals surface area contributed by atoms with Crippen molar-refractivity contribution in [2.45, 2.75) is 13.0 Å². The van der Waals surface area contributed by atoms with Crippen molar-refractivity contribution in [3.05, 3.63) is 71.9 Å². The number of nitrogens with one attached hydrogen (secondary N) is 1. The predicted molar refractivity (Wildman–Crippen MR) is 86.4 cm³/mol. The van der Waals surface area contributed by atoms with E-state index in [-0.39, 0.29) is 12.6 Å². The van der Waals surface area contributed by atoms with Gasteiger partial charge < -0.3 is 10.4 Å². The number of rotatable bonds is 4. The number of hydrogen-bond donors (Lipinski definition) is 2. The first-order chi connectivity index (χ1) is 10.3. The minimum absolute atomic E-state index is 0.0175. The quantitative estimate of drug-likeness (QED) is 0.765. The van der Waals surface area contributed by atoms with Crippen molar-refractivity contribution in [3.8, 4) is 0 Å². The first-order valence-electron chi connectivity index (χ1n) is 7.05. The normalized spacial score (nSPS) is 12.3. The summed E-state index contributed by atoms with van der Waals surface area (Å²) in [6.45, 7) is 2.07. The average Bonchev–Trinajstić information content (AvgIpc) is 2.52. The Bertz CT molecular complexity index is 750. The highest BCUT2D eigenvalue weighted by atomic mass is 16.3. The van der Waals surface area contributed by atoms with Crippen LogP contribution in [0.3, 0.4) is 0 Å². The van der Waals surface area contributed by atoms with Crippen LogP contribution in [0.5, 0.6) is 0 Å². The molecule has 0 aliphatic rings. The lowest BCUT2D eigenvalue weighted by molar-refractivity contribution is 0.277. The Morgan fingerprint density at radius 1 is 1.10 bits per heavy atom. The Morgan fingerprint density at radius 2 is 1.90 bits per heavy atom. The van der Waals surface area contributed by atoms with E-state index in [0.717, 1.165) is 22.2 Å². The lowest BCUT2D eigenvalue weighted by Gasteiger charge is -2.19. The molecule has 21 heavy (non-hydrogen) atoms. The molecule has 3 nitrogen and oxygen atoms in total. The Labute approximate surface area is 124 Å². The van der Waals surface area contributed by atoms with E-state index < -0.39 is 0 Å². The summed E-state index contributed by atoms with van der Waals surface area (Å²) >= 11 is 0. The van der Waals surface area contributed by atoms with Gasteiger partial charge in [-0.2, -0.15) is 0 Å². The van der Waals surface area contributed by atoms with Gasteiger partial charge in [-0.15, -0.1) is 0 Å². The smallest absolute Gasteiger partial charge is 0.0766 e. The van der Waals surface area contributed by atoms with Gasteiger partial charge in [0.25, 0.3) is 0 Å². The largest absolute Gasteiger partial charge is 0.394 e. The first-order valence-corrected chi connectivity index (χ1v) is 7.05. The van der Waals surface area contributed by atoms with Crippen molar-refractivity contribution in [2.24, 2.45) is 0 Å². The molecule has 2 N–H and O–H groups in total. The third-order valence-electron chi connectivity index (χ3n) is 3.58. The van der Waals surface area contributed by atoms with Gasteiger partial charge in [-0.25, -0.2) is 0 Å². The molecule has 1 heterocycles. The van der Waals surface area contributed by atoms with Gasteiger partial charge in [-0.1, -0.05) is 36.4 Å². The van der Waals surface area contributed by atoms with Crippen molar-refractivity contribution in [2.75, 3.05) is 11.9 Å². The van der Waals surface area contributed by atoms with Gasteiger partial charge >= 0.3 is 0 Å². The Kier molecular flexibility index (Phi) is 3.84. The molecule has 0 saturated heterocycles. The fourth-order valence-corrected chi connectivity index (χ4v) is 2.57. The van der Waals surface area contributed by atoms with E-state index in [1.165, 1.54) is 5.56 Å². The van der Waals surface area contributed by atoms with E-state index in [4.69, 9.17) is 0 Å². The fraction of sp³-hybridized carbons (Fsp3) is 0.167. The first kappa shape index (κ1) is 13.6. The van der Waals surface area contributed by atoms with Crippen LogP contribution in [0.1, 0.15) is 17.2 Å². The molecule has 0 fully saturated rings. The van der Waals surface area contributed by atoms with Gasteiger partial charge in [-0.3, -0.25) is 4.98 Å². The molecule has 1 unspecified atom stereocenters. The second-order valence-electron chi connectivity index (χ2n) is 5.17. The molecule has 0 bridgehead atoms. The lowest BCUT2D eigenvalue weighted by atomic mass is 10.0. The van der Waals surface area contributed by atoms with Crippen molar-refractivity contribution in [1.82, 2.24) is 4.98 Å². The van der Waals surface area contributed by atoms with E-state index >= 15 is 0 Å². The molecular formula is C18H18N2O. The molecule has 3 heteroatoms. The molecule has 0 aliphatic carbocycles. The van der Waals surface area contributed by atoms with Crippen LogP contribution in [-0.4, -0.2) is 16.7 Å². The number of aliphatic hydroxyl groups is 1.